The fourth-order valence-electron chi connectivity index (χ4n) is 6.27. The summed E-state index contributed by atoms with van der Waals surface area (Å²) in [6.07, 6.45) is 0. The zero-order chi connectivity index (χ0) is 31.9. The number of pyridine rings is 1. The second-order valence-electron chi connectivity index (χ2n) is 11.3. The highest BCUT2D eigenvalue weighted by Gasteiger charge is 2.34. The molecule has 0 aliphatic heterocycles. The van der Waals surface area contributed by atoms with E-state index in [2.05, 4.69) is 10.3 Å². The largest absolute Gasteiger partial charge is 0.455 e. The van der Waals surface area contributed by atoms with Crippen molar-refractivity contribution in [2.24, 2.45) is 0 Å². The van der Waals surface area contributed by atoms with Crippen molar-refractivity contribution in [1.82, 2.24) is 4.98 Å². The van der Waals surface area contributed by atoms with Crippen molar-refractivity contribution >= 4 is 33.8 Å². The maximum atomic E-state index is 14.3. The van der Waals surface area contributed by atoms with Gasteiger partial charge in [-0.15, -0.1) is 0 Å². The number of benzene rings is 6. The standard InChI is InChI=1S/C41H26N2O4/c44-39(27-14-6-2-7-15-27)37-34-30-18-10-11-19-31(30)40(45)35-32(42-28-16-8-3-9-17-28)24-33(38(36(34)35)43-41(37)46)47-29-22-20-26(21-23-29)25-12-4-1-5-13-25/h1-24,42H,(H,43,46). The number of hydrogen-bond acceptors (Lipinski definition) is 5. The van der Waals surface area contributed by atoms with Gasteiger partial charge in [0.2, 0.25) is 0 Å². The van der Waals surface area contributed by atoms with E-state index in [-0.39, 0.29) is 11.3 Å². The zero-order valence-corrected chi connectivity index (χ0v) is 25.0. The first-order valence-corrected chi connectivity index (χ1v) is 15.2. The molecule has 0 saturated carbocycles. The first-order chi connectivity index (χ1) is 23.1. The van der Waals surface area contributed by atoms with Gasteiger partial charge >= 0.3 is 0 Å². The van der Waals surface area contributed by atoms with Gasteiger partial charge in [-0.3, -0.25) is 14.4 Å². The van der Waals surface area contributed by atoms with Crippen molar-refractivity contribution in [2.75, 3.05) is 5.32 Å². The van der Waals surface area contributed by atoms with E-state index >= 15 is 0 Å². The molecule has 0 bridgehead atoms. The Kier molecular flexibility index (Phi) is 6.81. The Bertz CT molecular complexity index is 2380. The van der Waals surface area contributed by atoms with Gasteiger partial charge < -0.3 is 15.0 Å². The highest BCUT2D eigenvalue weighted by Crippen LogP contribution is 2.47. The van der Waals surface area contributed by atoms with E-state index in [4.69, 9.17) is 4.74 Å². The number of rotatable bonds is 7. The fourth-order valence-corrected chi connectivity index (χ4v) is 6.27. The number of ketones is 2. The van der Waals surface area contributed by atoms with E-state index in [0.717, 1.165) is 16.8 Å². The molecule has 0 radical (unpaired) electrons. The average Bonchev–Trinajstić information content (AvgIpc) is 3.12. The van der Waals surface area contributed by atoms with Crippen LogP contribution in [0.3, 0.4) is 0 Å². The van der Waals surface area contributed by atoms with Crippen LogP contribution in [0.15, 0.2) is 150 Å². The van der Waals surface area contributed by atoms with E-state index < -0.39 is 11.3 Å². The van der Waals surface area contributed by atoms with Crippen LogP contribution in [0.1, 0.15) is 31.8 Å². The Balaban J connectivity index is 1.39. The molecule has 0 unspecified atom stereocenters. The normalized spacial score (nSPS) is 11.6. The van der Waals surface area contributed by atoms with Crippen LogP contribution >= 0.6 is 0 Å². The Hall–Kier alpha value is -6.53. The highest BCUT2D eigenvalue weighted by molar-refractivity contribution is 6.31. The number of hydrogen-bond donors (Lipinski definition) is 2. The molecule has 0 atom stereocenters. The third-order valence-electron chi connectivity index (χ3n) is 8.43. The molecule has 1 aliphatic rings. The van der Waals surface area contributed by atoms with Crippen molar-refractivity contribution in [3.8, 4) is 33.8 Å². The molecule has 1 heterocycles. The van der Waals surface area contributed by atoms with Gasteiger partial charge in [0, 0.05) is 33.8 Å². The predicted molar refractivity (Wildman–Crippen MR) is 185 cm³/mol. The Morgan fingerprint density at radius 2 is 1.21 bits per heavy atom. The molecular weight excluding hydrogens is 584 g/mol. The first kappa shape index (κ1) is 28.0. The second kappa shape index (κ2) is 11.4. The average molecular weight is 611 g/mol. The highest BCUT2D eigenvalue weighted by atomic mass is 16.5. The Labute approximate surface area is 269 Å². The molecule has 0 amide bonds. The van der Waals surface area contributed by atoms with Gasteiger partial charge in [-0.2, -0.15) is 0 Å². The monoisotopic (exact) mass is 610 g/mol. The van der Waals surface area contributed by atoms with E-state index in [1.54, 1.807) is 54.6 Å². The first-order valence-electron chi connectivity index (χ1n) is 15.2. The van der Waals surface area contributed by atoms with Crippen molar-refractivity contribution in [2.45, 2.75) is 0 Å². The number of ether oxygens (including phenoxy) is 1. The molecule has 47 heavy (non-hydrogen) atoms. The summed E-state index contributed by atoms with van der Waals surface area (Å²) in [5.41, 5.74) is 5.16. The molecular formula is C41H26N2O4. The maximum absolute atomic E-state index is 14.3. The Morgan fingerprint density at radius 1 is 0.617 bits per heavy atom. The number of aromatic amines is 1. The van der Waals surface area contributed by atoms with Crippen molar-refractivity contribution in [3.05, 3.63) is 178 Å². The number of para-hydroxylation sites is 1. The topological polar surface area (TPSA) is 88.3 Å². The third-order valence-corrected chi connectivity index (χ3v) is 8.43. The number of aromatic nitrogens is 1. The van der Waals surface area contributed by atoms with Gasteiger partial charge in [-0.05, 0) is 41.0 Å². The van der Waals surface area contributed by atoms with Crippen LogP contribution in [0.2, 0.25) is 0 Å². The third kappa shape index (κ3) is 4.89. The summed E-state index contributed by atoms with van der Waals surface area (Å²) in [7, 11) is 0. The van der Waals surface area contributed by atoms with E-state index in [1.165, 1.54) is 0 Å². The van der Waals surface area contributed by atoms with Gasteiger partial charge in [0.05, 0.1) is 22.3 Å². The molecule has 6 heteroatoms. The lowest BCUT2D eigenvalue weighted by Crippen LogP contribution is -2.24. The lowest BCUT2D eigenvalue weighted by Gasteiger charge is -2.25. The SMILES string of the molecule is O=C(c1ccccc1)c1c2c3c(c(Nc4ccccc4)cc(Oc4ccc(-c5ccccc5)cc4)c3[nH]c1=O)C(=O)c1ccccc1-2. The minimum Gasteiger partial charge on any atom is -0.455 e. The summed E-state index contributed by atoms with van der Waals surface area (Å²) in [6, 6.07) is 44.8. The zero-order valence-electron chi connectivity index (χ0n) is 25.0. The maximum Gasteiger partial charge on any atom is 0.260 e. The molecule has 7 aromatic rings. The molecule has 1 aromatic heterocycles. The molecule has 1 aliphatic carbocycles. The van der Waals surface area contributed by atoms with E-state index in [1.807, 2.05) is 91.0 Å². The Morgan fingerprint density at radius 3 is 1.91 bits per heavy atom. The molecule has 224 valence electrons. The molecule has 2 N–H and O–H groups in total. The van der Waals surface area contributed by atoms with Crippen LogP contribution in [0.4, 0.5) is 11.4 Å². The summed E-state index contributed by atoms with van der Waals surface area (Å²) in [5.74, 6) is 0.221. The number of carbonyl (C=O) groups is 2. The van der Waals surface area contributed by atoms with Crippen molar-refractivity contribution in [1.29, 1.82) is 0 Å². The number of H-pyrrole nitrogens is 1. The van der Waals surface area contributed by atoms with Gasteiger partial charge in [0.25, 0.3) is 5.56 Å². The summed E-state index contributed by atoms with van der Waals surface area (Å²) in [6.45, 7) is 0. The van der Waals surface area contributed by atoms with Crippen LogP contribution in [-0.2, 0) is 0 Å². The van der Waals surface area contributed by atoms with Crippen LogP contribution in [0.5, 0.6) is 11.5 Å². The second-order valence-corrected chi connectivity index (χ2v) is 11.3. The molecule has 0 saturated heterocycles. The van der Waals surface area contributed by atoms with Gasteiger partial charge in [-0.25, -0.2) is 0 Å². The fraction of sp³-hybridized carbons (Fsp3) is 0. The number of nitrogens with one attached hydrogen (secondary N) is 2. The van der Waals surface area contributed by atoms with Gasteiger partial charge in [0.1, 0.15) is 5.75 Å². The van der Waals surface area contributed by atoms with Crippen molar-refractivity contribution < 1.29 is 14.3 Å². The lowest BCUT2D eigenvalue weighted by molar-refractivity contribution is 0.102. The van der Waals surface area contributed by atoms with Gasteiger partial charge in [0.15, 0.2) is 17.3 Å². The van der Waals surface area contributed by atoms with E-state index in [0.29, 0.717) is 55.9 Å². The molecule has 0 spiro atoms. The summed E-state index contributed by atoms with van der Waals surface area (Å²) in [4.78, 5) is 45.3. The summed E-state index contributed by atoms with van der Waals surface area (Å²) >= 11 is 0. The van der Waals surface area contributed by atoms with Crippen LogP contribution in [-0.4, -0.2) is 16.6 Å². The quantitative estimate of drug-likeness (QED) is 0.176. The molecule has 6 nitrogen and oxygen atoms in total. The number of anilines is 2. The van der Waals surface area contributed by atoms with Crippen LogP contribution in [0, 0.1) is 0 Å². The molecule has 8 rings (SSSR count). The van der Waals surface area contributed by atoms with Gasteiger partial charge in [-0.1, -0.05) is 115 Å². The molecule has 0 fully saturated rings. The summed E-state index contributed by atoms with van der Waals surface area (Å²) in [5, 5.41) is 3.86. The van der Waals surface area contributed by atoms with Crippen molar-refractivity contribution in [3.63, 3.8) is 0 Å². The predicted octanol–water partition coefficient (Wildman–Crippen LogP) is 9.17. The minimum atomic E-state index is -0.565. The lowest BCUT2D eigenvalue weighted by atomic mass is 9.80. The molecule has 6 aromatic carbocycles. The van der Waals surface area contributed by atoms with Crippen LogP contribution in [0.25, 0.3) is 33.2 Å². The number of carbonyl (C=O) groups excluding carboxylic acids is 2. The van der Waals surface area contributed by atoms with E-state index in [9.17, 15) is 14.4 Å². The summed E-state index contributed by atoms with van der Waals surface area (Å²) < 4.78 is 6.50. The smallest absolute Gasteiger partial charge is 0.260 e. The van der Waals surface area contributed by atoms with Crippen LogP contribution < -0.4 is 15.6 Å². The minimum absolute atomic E-state index is 0.0278. The number of fused-ring (bicyclic) bond motifs is 2.